The van der Waals surface area contributed by atoms with Crippen molar-refractivity contribution in [2.24, 2.45) is 11.6 Å². The summed E-state index contributed by atoms with van der Waals surface area (Å²) >= 11 is 13.4. The minimum absolute atomic E-state index is 0.178. The quantitative estimate of drug-likeness (QED) is 0.378. The van der Waals surface area contributed by atoms with Crippen LogP contribution < -0.4 is 17.0 Å². The van der Waals surface area contributed by atoms with E-state index in [9.17, 15) is 4.79 Å². The Morgan fingerprint density at radius 3 is 2.52 bits per heavy atom. The highest BCUT2D eigenvalue weighted by molar-refractivity contribution is 8.03. The van der Waals surface area contributed by atoms with E-state index < -0.39 is 5.97 Å². The molecule has 0 amide bonds. The van der Waals surface area contributed by atoms with Crippen LogP contribution in [-0.2, 0) is 17.6 Å². The molecule has 1 aromatic carbocycles. The van der Waals surface area contributed by atoms with E-state index in [2.05, 4.69) is 5.43 Å². The predicted molar refractivity (Wildman–Crippen MR) is 86.0 cm³/mol. The second-order valence-corrected chi connectivity index (χ2v) is 6.86. The van der Waals surface area contributed by atoms with Crippen molar-refractivity contribution in [3.63, 3.8) is 0 Å². The minimum Gasteiger partial charge on any atom is -0.476 e. The SMILES string of the molecule is NN/C(C(=O)O)=C(\N)SC1CCc2cc(Cl)c(Cl)cc2C1. The van der Waals surface area contributed by atoms with Gasteiger partial charge in [0.05, 0.1) is 15.1 Å². The standard InChI is InChI=1S/C13H15Cl2N3O2S/c14-9-4-6-1-2-8(3-7(6)5-10(9)15)21-12(16)11(18-17)13(19)20/h4-5,8,18H,1-3,16-17H2,(H,19,20)/b12-11+. The van der Waals surface area contributed by atoms with Crippen LogP contribution >= 0.6 is 35.0 Å². The van der Waals surface area contributed by atoms with E-state index in [0.717, 1.165) is 24.8 Å². The number of carboxylic acids is 1. The summed E-state index contributed by atoms with van der Waals surface area (Å²) in [6.45, 7) is 0. The van der Waals surface area contributed by atoms with Crippen molar-refractivity contribution in [3.05, 3.63) is 44.0 Å². The number of fused-ring (bicyclic) bond motifs is 1. The zero-order valence-corrected chi connectivity index (χ0v) is 13.4. The molecular weight excluding hydrogens is 333 g/mol. The number of hydrogen-bond acceptors (Lipinski definition) is 5. The number of nitrogens with one attached hydrogen (secondary N) is 1. The van der Waals surface area contributed by atoms with Crippen molar-refractivity contribution in [1.82, 2.24) is 5.43 Å². The van der Waals surface area contributed by atoms with Gasteiger partial charge in [-0.05, 0) is 42.5 Å². The molecule has 0 radical (unpaired) electrons. The van der Waals surface area contributed by atoms with Crippen molar-refractivity contribution < 1.29 is 9.90 Å². The van der Waals surface area contributed by atoms with Crippen LogP contribution in [0.3, 0.4) is 0 Å². The number of thioether (sulfide) groups is 1. The lowest BCUT2D eigenvalue weighted by molar-refractivity contribution is -0.133. The molecule has 8 heteroatoms. The zero-order valence-electron chi connectivity index (χ0n) is 11.0. The summed E-state index contributed by atoms with van der Waals surface area (Å²) in [5.74, 6) is 4.01. The van der Waals surface area contributed by atoms with Gasteiger partial charge >= 0.3 is 5.97 Å². The molecule has 0 fully saturated rings. The highest BCUT2D eigenvalue weighted by Crippen LogP contribution is 2.35. The van der Waals surface area contributed by atoms with Crippen molar-refractivity contribution in [1.29, 1.82) is 0 Å². The number of aliphatic carboxylic acids is 1. The van der Waals surface area contributed by atoms with E-state index in [0.29, 0.717) is 10.0 Å². The molecule has 5 nitrogen and oxygen atoms in total. The van der Waals surface area contributed by atoms with E-state index in [1.165, 1.54) is 17.3 Å². The van der Waals surface area contributed by atoms with Gasteiger partial charge in [0, 0.05) is 5.25 Å². The lowest BCUT2D eigenvalue weighted by atomic mass is 9.91. The fourth-order valence-corrected chi connectivity index (χ4v) is 3.79. The van der Waals surface area contributed by atoms with E-state index in [1.807, 2.05) is 12.1 Å². The molecule has 0 aromatic heterocycles. The average molecular weight is 348 g/mol. The average Bonchev–Trinajstić information content (AvgIpc) is 2.40. The Hall–Kier alpha value is -1.08. The van der Waals surface area contributed by atoms with E-state index in [1.54, 1.807) is 0 Å². The maximum atomic E-state index is 11.0. The molecule has 1 aromatic rings. The van der Waals surface area contributed by atoms with Crippen molar-refractivity contribution in [2.75, 3.05) is 0 Å². The van der Waals surface area contributed by atoms with Crippen LogP contribution in [0.1, 0.15) is 17.5 Å². The Kier molecular flexibility index (Phi) is 5.27. The maximum Gasteiger partial charge on any atom is 0.356 e. The molecule has 0 bridgehead atoms. The van der Waals surface area contributed by atoms with Crippen LogP contribution in [0.25, 0.3) is 0 Å². The smallest absolute Gasteiger partial charge is 0.356 e. The molecule has 0 aliphatic heterocycles. The maximum absolute atomic E-state index is 11.0. The van der Waals surface area contributed by atoms with Crippen molar-refractivity contribution in [2.45, 2.75) is 24.5 Å². The third-order valence-corrected chi connectivity index (χ3v) is 5.24. The van der Waals surface area contributed by atoms with Crippen LogP contribution in [0.4, 0.5) is 0 Å². The summed E-state index contributed by atoms with van der Waals surface area (Å²) < 4.78 is 0. The van der Waals surface area contributed by atoms with Crippen LogP contribution in [0.2, 0.25) is 10.0 Å². The van der Waals surface area contributed by atoms with Crippen LogP contribution in [0.5, 0.6) is 0 Å². The lowest BCUT2D eigenvalue weighted by Crippen LogP contribution is -2.30. The van der Waals surface area contributed by atoms with Gasteiger partial charge in [0.2, 0.25) is 0 Å². The second-order valence-electron chi connectivity index (χ2n) is 4.71. The van der Waals surface area contributed by atoms with Gasteiger partial charge in [-0.25, -0.2) is 4.79 Å². The summed E-state index contributed by atoms with van der Waals surface area (Å²) in [6.07, 6.45) is 2.50. The summed E-state index contributed by atoms with van der Waals surface area (Å²) in [6, 6.07) is 3.76. The number of nitrogens with two attached hydrogens (primary N) is 2. The molecule has 0 saturated heterocycles. The first-order valence-corrected chi connectivity index (χ1v) is 7.89. The largest absolute Gasteiger partial charge is 0.476 e. The first-order valence-electron chi connectivity index (χ1n) is 6.25. The van der Waals surface area contributed by atoms with Crippen LogP contribution in [-0.4, -0.2) is 16.3 Å². The highest BCUT2D eigenvalue weighted by atomic mass is 35.5. The van der Waals surface area contributed by atoms with Gasteiger partial charge in [0.25, 0.3) is 0 Å². The predicted octanol–water partition coefficient (Wildman–Crippen LogP) is 2.26. The molecule has 0 heterocycles. The third-order valence-electron chi connectivity index (χ3n) is 3.32. The molecule has 0 spiro atoms. The third kappa shape index (κ3) is 3.77. The van der Waals surface area contributed by atoms with E-state index >= 15 is 0 Å². The number of carboxylic acid groups (broad SMARTS) is 1. The number of aryl methyl sites for hydroxylation is 1. The Bertz CT molecular complexity index is 607. The van der Waals surface area contributed by atoms with E-state index in [4.69, 9.17) is 39.9 Å². The Labute approximate surface area is 136 Å². The van der Waals surface area contributed by atoms with Gasteiger partial charge in [0.15, 0.2) is 5.70 Å². The molecule has 6 N–H and O–H groups in total. The lowest BCUT2D eigenvalue weighted by Gasteiger charge is -2.25. The van der Waals surface area contributed by atoms with Gasteiger partial charge in [-0.15, -0.1) is 11.8 Å². The summed E-state index contributed by atoms with van der Waals surface area (Å²) in [7, 11) is 0. The molecule has 21 heavy (non-hydrogen) atoms. The van der Waals surface area contributed by atoms with Crippen LogP contribution in [0, 0.1) is 0 Å². The Morgan fingerprint density at radius 1 is 1.33 bits per heavy atom. The highest BCUT2D eigenvalue weighted by Gasteiger charge is 2.23. The number of rotatable bonds is 4. The summed E-state index contributed by atoms with van der Waals surface area (Å²) in [4.78, 5) is 11.0. The summed E-state index contributed by atoms with van der Waals surface area (Å²) in [5, 5.41) is 10.4. The molecule has 1 aliphatic carbocycles. The Balaban J connectivity index is 2.15. The van der Waals surface area contributed by atoms with Gasteiger partial charge in [-0.2, -0.15) is 0 Å². The molecule has 1 unspecified atom stereocenters. The molecule has 1 aliphatic rings. The number of carbonyl (C=O) groups is 1. The normalized spacial score (nSPS) is 18.7. The number of benzene rings is 1. The van der Waals surface area contributed by atoms with Gasteiger partial charge in [0.1, 0.15) is 0 Å². The van der Waals surface area contributed by atoms with Gasteiger partial charge in [-0.3, -0.25) is 5.84 Å². The summed E-state index contributed by atoms with van der Waals surface area (Å²) in [5.41, 5.74) is 10.1. The second kappa shape index (κ2) is 6.79. The van der Waals surface area contributed by atoms with Crippen LogP contribution in [0.15, 0.2) is 22.9 Å². The van der Waals surface area contributed by atoms with Gasteiger partial charge < -0.3 is 16.3 Å². The minimum atomic E-state index is -1.17. The van der Waals surface area contributed by atoms with Crippen molar-refractivity contribution >= 4 is 40.9 Å². The molecule has 114 valence electrons. The molecule has 0 saturated carbocycles. The van der Waals surface area contributed by atoms with Gasteiger partial charge in [-0.1, -0.05) is 23.2 Å². The zero-order chi connectivity index (χ0) is 15.6. The van der Waals surface area contributed by atoms with E-state index in [-0.39, 0.29) is 16.0 Å². The topological polar surface area (TPSA) is 101 Å². The molecule has 2 rings (SSSR count). The molecule has 1 atom stereocenters. The first-order chi connectivity index (χ1) is 9.92. The Morgan fingerprint density at radius 2 is 1.95 bits per heavy atom. The fraction of sp³-hybridized carbons (Fsp3) is 0.308. The number of halogens is 2. The first kappa shape index (κ1) is 16.3. The number of hydrazine groups is 1. The molecular formula is C13H15Cl2N3O2S. The monoisotopic (exact) mass is 347 g/mol. The number of hydrogen-bond donors (Lipinski definition) is 4. The van der Waals surface area contributed by atoms with Crippen molar-refractivity contribution in [3.8, 4) is 0 Å². The fourth-order valence-electron chi connectivity index (χ4n) is 2.29.